The van der Waals surface area contributed by atoms with Gasteiger partial charge in [0.25, 0.3) is 5.91 Å². The summed E-state index contributed by atoms with van der Waals surface area (Å²) < 4.78 is 0. The smallest absolute Gasteiger partial charge is 0.257 e. The highest BCUT2D eigenvalue weighted by molar-refractivity contribution is 5.97. The molecule has 1 aliphatic heterocycles. The van der Waals surface area contributed by atoms with E-state index in [2.05, 4.69) is 0 Å². The normalized spacial score (nSPS) is 19.2. The molecule has 104 valence electrons. The van der Waals surface area contributed by atoms with E-state index < -0.39 is 6.10 Å². The van der Waals surface area contributed by atoms with Crippen molar-refractivity contribution in [3.8, 4) is 11.5 Å². The number of aliphatic hydroxyl groups excluding tert-OH is 1. The van der Waals surface area contributed by atoms with Crippen LogP contribution in [0.2, 0.25) is 0 Å². The molecule has 2 rings (SSSR count). The molecule has 0 aliphatic carbocycles. The highest BCUT2D eigenvalue weighted by Crippen LogP contribution is 2.33. The van der Waals surface area contributed by atoms with E-state index in [0.717, 1.165) is 0 Å². The van der Waals surface area contributed by atoms with Crippen LogP contribution < -0.4 is 0 Å². The van der Waals surface area contributed by atoms with E-state index >= 15 is 0 Å². The summed E-state index contributed by atoms with van der Waals surface area (Å²) in [4.78, 5) is 13.8. The van der Waals surface area contributed by atoms with Crippen LogP contribution in [0.3, 0.4) is 0 Å². The van der Waals surface area contributed by atoms with Gasteiger partial charge in [0, 0.05) is 19.2 Å². The molecule has 5 nitrogen and oxygen atoms in total. The number of rotatable bonds is 2. The number of phenols is 2. The third kappa shape index (κ3) is 2.66. The topological polar surface area (TPSA) is 81.0 Å². The Morgan fingerprint density at radius 1 is 1.32 bits per heavy atom. The Hall–Kier alpha value is -1.75. The van der Waals surface area contributed by atoms with Crippen molar-refractivity contribution in [1.29, 1.82) is 0 Å². The van der Waals surface area contributed by atoms with Crippen LogP contribution in [-0.2, 0) is 0 Å². The molecule has 1 amide bonds. The van der Waals surface area contributed by atoms with Gasteiger partial charge in [-0.15, -0.1) is 0 Å². The van der Waals surface area contributed by atoms with Crippen LogP contribution in [0.5, 0.6) is 11.5 Å². The number of likely N-dealkylation sites (tertiary alicyclic amines) is 1. The molecule has 1 fully saturated rings. The van der Waals surface area contributed by atoms with Crippen molar-refractivity contribution in [2.75, 3.05) is 13.1 Å². The lowest BCUT2D eigenvalue weighted by molar-refractivity contribution is 0.0762. The molecule has 1 aliphatic rings. The fourth-order valence-electron chi connectivity index (χ4n) is 2.32. The number of phenolic OH excluding ortho intramolecular Hbond substituents is 2. The molecule has 1 heterocycles. The number of benzene rings is 1. The lowest BCUT2D eigenvalue weighted by Gasteiger charge is -2.18. The number of amides is 1. The SMILES string of the molecule is CC(C)c1cc(C(=O)N2CC[C@@H](O)C2)c(O)cc1O. The Balaban J connectivity index is 2.33. The molecular formula is C14H19NO4. The summed E-state index contributed by atoms with van der Waals surface area (Å²) in [7, 11) is 0. The first-order chi connectivity index (χ1) is 8.90. The molecule has 0 aromatic heterocycles. The lowest BCUT2D eigenvalue weighted by Crippen LogP contribution is -2.29. The third-order valence-corrected chi connectivity index (χ3v) is 3.45. The molecule has 0 unspecified atom stereocenters. The number of aromatic hydroxyl groups is 2. The third-order valence-electron chi connectivity index (χ3n) is 3.45. The van der Waals surface area contributed by atoms with E-state index in [4.69, 9.17) is 0 Å². The van der Waals surface area contributed by atoms with Crippen LogP contribution in [0.1, 0.15) is 42.1 Å². The van der Waals surface area contributed by atoms with Crippen LogP contribution in [0.15, 0.2) is 12.1 Å². The first-order valence-electron chi connectivity index (χ1n) is 6.43. The monoisotopic (exact) mass is 265 g/mol. The molecule has 0 saturated carbocycles. The van der Waals surface area contributed by atoms with Gasteiger partial charge in [-0.05, 0) is 24.0 Å². The number of carbonyl (C=O) groups is 1. The fraction of sp³-hybridized carbons (Fsp3) is 0.500. The van der Waals surface area contributed by atoms with Crippen LogP contribution in [0, 0.1) is 0 Å². The summed E-state index contributed by atoms with van der Waals surface area (Å²) in [6, 6.07) is 2.73. The van der Waals surface area contributed by atoms with Gasteiger partial charge in [0.2, 0.25) is 0 Å². The van der Waals surface area contributed by atoms with Crippen LogP contribution in [0.4, 0.5) is 0 Å². The summed E-state index contributed by atoms with van der Waals surface area (Å²) >= 11 is 0. The maximum Gasteiger partial charge on any atom is 0.257 e. The van der Waals surface area contributed by atoms with Gasteiger partial charge >= 0.3 is 0 Å². The van der Waals surface area contributed by atoms with E-state index in [1.54, 1.807) is 0 Å². The zero-order chi connectivity index (χ0) is 14.2. The Kier molecular flexibility index (Phi) is 3.66. The summed E-state index contributed by atoms with van der Waals surface area (Å²) in [6.45, 7) is 4.58. The average molecular weight is 265 g/mol. The van der Waals surface area contributed by atoms with E-state index in [0.29, 0.717) is 18.5 Å². The molecule has 1 atom stereocenters. The lowest BCUT2D eigenvalue weighted by atomic mass is 9.98. The molecule has 19 heavy (non-hydrogen) atoms. The Labute approximate surface area is 112 Å². The van der Waals surface area contributed by atoms with Gasteiger partial charge < -0.3 is 20.2 Å². The van der Waals surface area contributed by atoms with E-state index in [1.165, 1.54) is 17.0 Å². The second-order valence-corrected chi connectivity index (χ2v) is 5.28. The molecule has 3 N–H and O–H groups in total. The van der Waals surface area contributed by atoms with Crippen molar-refractivity contribution in [1.82, 2.24) is 4.90 Å². The van der Waals surface area contributed by atoms with Crippen molar-refractivity contribution in [2.45, 2.75) is 32.3 Å². The maximum absolute atomic E-state index is 12.3. The average Bonchev–Trinajstić information content (AvgIpc) is 2.74. The van der Waals surface area contributed by atoms with Crippen LogP contribution >= 0.6 is 0 Å². The Bertz CT molecular complexity index is 498. The summed E-state index contributed by atoms with van der Waals surface area (Å²) in [5, 5.41) is 29.0. The van der Waals surface area contributed by atoms with Crippen LogP contribution in [-0.4, -0.2) is 45.3 Å². The summed E-state index contributed by atoms with van der Waals surface area (Å²) in [5.74, 6) is -0.494. The first-order valence-corrected chi connectivity index (χ1v) is 6.43. The second-order valence-electron chi connectivity index (χ2n) is 5.28. The number of carbonyl (C=O) groups excluding carboxylic acids is 1. The van der Waals surface area contributed by atoms with Gasteiger partial charge in [-0.1, -0.05) is 13.8 Å². The van der Waals surface area contributed by atoms with Crippen molar-refractivity contribution < 1.29 is 20.1 Å². The van der Waals surface area contributed by atoms with E-state index in [9.17, 15) is 20.1 Å². The Morgan fingerprint density at radius 2 is 2.00 bits per heavy atom. The molecule has 5 heteroatoms. The number of nitrogens with zero attached hydrogens (tertiary/aromatic N) is 1. The second kappa shape index (κ2) is 5.09. The Morgan fingerprint density at radius 3 is 2.53 bits per heavy atom. The quantitative estimate of drug-likeness (QED) is 0.755. The number of β-amino-alcohol motifs (C(OH)–C–C–N with tert-alkyl or cyclic N) is 1. The number of hydrogen-bond acceptors (Lipinski definition) is 4. The summed E-state index contributed by atoms with van der Waals surface area (Å²) in [6.07, 6.45) is 0.0644. The van der Waals surface area contributed by atoms with Gasteiger partial charge in [-0.25, -0.2) is 0 Å². The van der Waals surface area contributed by atoms with Gasteiger partial charge in [0.05, 0.1) is 11.7 Å². The zero-order valence-electron chi connectivity index (χ0n) is 11.1. The molecule has 0 spiro atoms. The minimum absolute atomic E-state index is 0.00879. The minimum atomic E-state index is -0.493. The standard InChI is InChI=1S/C14H19NO4/c1-8(2)10-5-11(13(18)6-12(10)17)14(19)15-4-3-9(16)7-15/h5-6,8-9,16-18H,3-4,7H2,1-2H3/t9-/m1/s1. The molecule has 0 bridgehead atoms. The van der Waals surface area contributed by atoms with Crippen molar-refractivity contribution in [2.24, 2.45) is 0 Å². The van der Waals surface area contributed by atoms with Crippen molar-refractivity contribution >= 4 is 5.91 Å². The largest absolute Gasteiger partial charge is 0.508 e. The molecule has 1 saturated heterocycles. The molecule has 0 radical (unpaired) electrons. The predicted octanol–water partition coefficient (Wildman–Crippen LogP) is 1.43. The predicted molar refractivity (Wildman–Crippen MR) is 70.4 cm³/mol. The van der Waals surface area contributed by atoms with Gasteiger partial charge in [0.1, 0.15) is 11.5 Å². The van der Waals surface area contributed by atoms with Crippen molar-refractivity contribution in [3.63, 3.8) is 0 Å². The molecule has 1 aromatic rings. The summed E-state index contributed by atoms with van der Waals surface area (Å²) in [5.41, 5.74) is 0.802. The molecule has 1 aromatic carbocycles. The van der Waals surface area contributed by atoms with Crippen molar-refractivity contribution in [3.05, 3.63) is 23.3 Å². The highest BCUT2D eigenvalue weighted by Gasteiger charge is 2.27. The maximum atomic E-state index is 12.3. The van der Waals surface area contributed by atoms with Gasteiger partial charge in [-0.3, -0.25) is 4.79 Å². The van der Waals surface area contributed by atoms with Gasteiger partial charge in [-0.2, -0.15) is 0 Å². The highest BCUT2D eigenvalue weighted by atomic mass is 16.3. The van der Waals surface area contributed by atoms with E-state index in [1.807, 2.05) is 13.8 Å². The fourth-order valence-corrected chi connectivity index (χ4v) is 2.32. The first kappa shape index (κ1) is 13.7. The minimum Gasteiger partial charge on any atom is -0.508 e. The van der Waals surface area contributed by atoms with E-state index in [-0.39, 0.29) is 35.4 Å². The number of aliphatic hydroxyl groups is 1. The van der Waals surface area contributed by atoms with Gasteiger partial charge in [0.15, 0.2) is 0 Å². The molecular weight excluding hydrogens is 246 g/mol. The number of hydrogen-bond donors (Lipinski definition) is 3. The van der Waals surface area contributed by atoms with Crippen LogP contribution in [0.25, 0.3) is 0 Å². The zero-order valence-corrected chi connectivity index (χ0v) is 11.1.